The predicted octanol–water partition coefficient (Wildman–Crippen LogP) is 2.82. The Bertz CT molecular complexity index is 695. The van der Waals surface area contributed by atoms with Crippen molar-refractivity contribution in [2.24, 2.45) is 0 Å². The van der Waals surface area contributed by atoms with Gasteiger partial charge >= 0.3 is 5.97 Å². The van der Waals surface area contributed by atoms with Gasteiger partial charge in [0.25, 0.3) is 5.91 Å². The predicted molar refractivity (Wildman–Crippen MR) is 87.1 cm³/mol. The van der Waals surface area contributed by atoms with E-state index in [1.165, 1.54) is 0 Å². The summed E-state index contributed by atoms with van der Waals surface area (Å²) in [6.07, 6.45) is 2.95. The first-order valence-corrected chi connectivity index (χ1v) is 7.67. The molecule has 0 radical (unpaired) electrons. The number of carbonyl (C=O) groups excluding carboxylic acids is 1. The Hall–Kier alpha value is -2.34. The van der Waals surface area contributed by atoms with Crippen LogP contribution in [0.4, 0.5) is 0 Å². The maximum atomic E-state index is 12.2. The fourth-order valence-corrected chi connectivity index (χ4v) is 2.23. The first-order chi connectivity index (χ1) is 11.0. The number of carboxylic acid groups (broad SMARTS) is 1. The van der Waals surface area contributed by atoms with Crippen LogP contribution in [0.3, 0.4) is 0 Å². The Labute approximate surface area is 139 Å². The molecule has 2 N–H and O–H groups in total. The Balaban J connectivity index is 1.96. The van der Waals surface area contributed by atoms with Crippen molar-refractivity contribution < 1.29 is 14.7 Å². The van der Waals surface area contributed by atoms with E-state index in [9.17, 15) is 9.59 Å². The number of aryl methyl sites for hydroxylation is 1. The van der Waals surface area contributed by atoms with Crippen molar-refractivity contribution in [2.75, 3.05) is 6.54 Å². The van der Waals surface area contributed by atoms with Gasteiger partial charge in [-0.05, 0) is 44.0 Å². The maximum absolute atomic E-state index is 12.2. The van der Waals surface area contributed by atoms with Gasteiger partial charge in [-0.25, -0.2) is 4.68 Å². The molecule has 0 aliphatic rings. The van der Waals surface area contributed by atoms with E-state index in [2.05, 4.69) is 10.4 Å². The third kappa shape index (κ3) is 4.82. The average Bonchev–Trinajstić information content (AvgIpc) is 2.89. The van der Waals surface area contributed by atoms with Crippen LogP contribution in [0.25, 0.3) is 5.69 Å². The molecule has 0 spiro atoms. The first-order valence-electron chi connectivity index (χ1n) is 7.29. The smallest absolute Gasteiger partial charge is 0.303 e. The summed E-state index contributed by atoms with van der Waals surface area (Å²) in [5, 5.41) is 16.3. The van der Waals surface area contributed by atoms with E-state index in [1.54, 1.807) is 29.9 Å². The average molecular weight is 336 g/mol. The Morgan fingerprint density at radius 1 is 1.26 bits per heavy atom. The number of aromatic nitrogens is 2. The minimum atomic E-state index is -0.823. The number of aliphatic carboxylic acids is 1. The molecule has 1 amide bonds. The van der Waals surface area contributed by atoms with Crippen molar-refractivity contribution in [3.63, 3.8) is 0 Å². The Morgan fingerprint density at radius 2 is 1.96 bits per heavy atom. The van der Waals surface area contributed by atoms with Gasteiger partial charge < -0.3 is 10.4 Å². The second kappa shape index (κ2) is 7.78. The molecule has 122 valence electrons. The van der Waals surface area contributed by atoms with Crippen molar-refractivity contribution >= 4 is 23.5 Å². The van der Waals surface area contributed by atoms with E-state index < -0.39 is 5.97 Å². The van der Waals surface area contributed by atoms with Crippen LogP contribution in [0.1, 0.15) is 35.3 Å². The van der Waals surface area contributed by atoms with Gasteiger partial charge in [0.1, 0.15) is 0 Å². The van der Waals surface area contributed by atoms with Crippen LogP contribution in [-0.4, -0.2) is 33.3 Å². The number of hydrogen-bond acceptors (Lipinski definition) is 3. The molecule has 0 saturated heterocycles. The summed E-state index contributed by atoms with van der Waals surface area (Å²) in [6.45, 7) is 2.21. The molecule has 2 aromatic rings. The Kier molecular flexibility index (Phi) is 5.76. The van der Waals surface area contributed by atoms with Crippen molar-refractivity contribution in [3.8, 4) is 5.69 Å². The summed E-state index contributed by atoms with van der Waals surface area (Å²) in [5.74, 6) is -1.03. The number of halogens is 1. The molecule has 1 aromatic heterocycles. The van der Waals surface area contributed by atoms with Crippen LogP contribution in [0, 0.1) is 6.92 Å². The van der Waals surface area contributed by atoms with Crippen LogP contribution in [0.2, 0.25) is 5.02 Å². The molecular formula is C16H18ClN3O3. The van der Waals surface area contributed by atoms with Gasteiger partial charge in [0.2, 0.25) is 0 Å². The van der Waals surface area contributed by atoms with E-state index in [0.717, 1.165) is 5.69 Å². The molecule has 7 heteroatoms. The molecule has 0 aliphatic heterocycles. The molecule has 0 bridgehead atoms. The monoisotopic (exact) mass is 335 g/mol. The lowest BCUT2D eigenvalue weighted by Crippen LogP contribution is -2.24. The lowest BCUT2D eigenvalue weighted by molar-refractivity contribution is -0.137. The largest absolute Gasteiger partial charge is 0.481 e. The zero-order valence-electron chi connectivity index (χ0n) is 12.8. The molecule has 1 heterocycles. The molecule has 0 aliphatic carbocycles. The van der Waals surface area contributed by atoms with E-state index >= 15 is 0 Å². The van der Waals surface area contributed by atoms with E-state index in [-0.39, 0.29) is 12.3 Å². The van der Waals surface area contributed by atoms with Crippen LogP contribution in [0.15, 0.2) is 30.5 Å². The number of amides is 1. The number of carboxylic acids is 1. The normalized spacial score (nSPS) is 10.5. The fourth-order valence-electron chi connectivity index (χ4n) is 2.11. The van der Waals surface area contributed by atoms with Gasteiger partial charge in [0, 0.05) is 24.2 Å². The van der Waals surface area contributed by atoms with E-state index in [0.29, 0.717) is 35.7 Å². The summed E-state index contributed by atoms with van der Waals surface area (Å²) < 4.78 is 1.63. The van der Waals surface area contributed by atoms with Gasteiger partial charge in [0.05, 0.1) is 16.9 Å². The number of unbranched alkanes of at least 4 members (excludes halogenated alkanes) is 1. The van der Waals surface area contributed by atoms with Crippen LogP contribution in [-0.2, 0) is 4.79 Å². The molecular weight excluding hydrogens is 318 g/mol. The molecule has 0 fully saturated rings. The zero-order valence-corrected chi connectivity index (χ0v) is 13.5. The SMILES string of the molecule is Cc1nn(-c2ccc(Cl)cc2)cc1C(=O)NCCCCC(=O)O. The number of rotatable bonds is 7. The standard InChI is InChI=1S/C16H18ClN3O3/c1-11-14(16(23)18-9-3-2-4-15(21)22)10-20(19-11)13-7-5-12(17)6-8-13/h5-8,10H,2-4,9H2,1H3,(H,18,23)(H,21,22). The van der Waals surface area contributed by atoms with Gasteiger partial charge in [-0.3, -0.25) is 9.59 Å². The van der Waals surface area contributed by atoms with Crippen LogP contribution >= 0.6 is 11.6 Å². The van der Waals surface area contributed by atoms with Gasteiger partial charge in [0.15, 0.2) is 0 Å². The number of hydrogen-bond donors (Lipinski definition) is 2. The topological polar surface area (TPSA) is 84.2 Å². The quantitative estimate of drug-likeness (QED) is 0.762. The lowest BCUT2D eigenvalue weighted by atomic mass is 10.2. The van der Waals surface area contributed by atoms with Gasteiger partial charge in [-0.2, -0.15) is 5.10 Å². The van der Waals surface area contributed by atoms with Crippen molar-refractivity contribution in [1.82, 2.24) is 15.1 Å². The van der Waals surface area contributed by atoms with E-state index in [1.807, 2.05) is 12.1 Å². The molecule has 1 aromatic carbocycles. The Morgan fingerprint density at radius 3 is 2.61 bits per heavy atom. The zero-order chi connectivity index (χ0) is 16.8. The molecule has 23 heavy (non-hydrogen) atoms. The van der Waals surface area contributed by atoms with E-state index in [4.69, 9.17) is 16.7 Å². The van der Waals surface area contributed by atoms with Crippen molar-refractivity contribution in [2.45, 2.75) is 26.2 Å². The highest BCUT2D eigenvalue weighted by atomic mass is 35.5. The highest BCUT2D eigenvalue weighted by molar-refractivity contribution is 6.30. The fraction of sp³-hybridized carbons (Fsp3) is 0.312. The molecule has 0 atom stereocenters. The maximum Gasteiger partial charge on any atom is 0.303 e. The lowest BCUT2D eigenvalue weighted by Gasteiger charge is -2.03. The third-order valence-corrected chi connectivity index (χ3v) is 3.59. The second-order valence-corrected chi connectivity index (χ2v) is 5.59. The minimum Gasteiger partial charge on any atom is -0.481 e. The van der Waals surface area contributed by atoms with Gasteiger partial charge in [-0.15, -0.1) is 0 Å². The first kappa shape index (κ1) is 17.0. The number of nitrogens with zero attached hydrogens (tertiary/aromatic N) is 2. The molecule has 2 rings (SSSR count). The summed E-state index contributed by atoms with van der Waals surface area (Å²) in [5.41, 5.74) is 1.94. The molecule has 6 nitrogen and oxygen atoms in total. The number of benzene rings is 1. The molecule has 0 unspecified atom stereocenters. The summed E-state index contributed by atoms with van der Waals surface area (Å²) >= 11 is 5.86. The summed E-state index contributed by atoms with van der Waals surface area (Å²) in [7, 11) is 0. The van der Waals surface area contributed by atoms with Gasteiger partial charge in [-0.1, -0.05) is 11.6 Å². The number of carbonyl (C=O) groups is 2. The molecule has 0 saturated carbocycles. The summed E-state index contributed by atoms with van der Waals surface area (Å²) in [4.78, 5) is 22.6. The van der Waals surface area contributed by atoms with Crippen LogP contribution < -0.4 is 5.32 Å². The van der Waals surface area contributed by atoms with Crippen molar-refractivity contribution in [3.05, 3.63) is 46.7 Å². The highest BCUT2D eigenvalue weighted by Gasteiger charge is 2.13. The third-order valence-electron chi connectivity index (χ3n) is 3.34. The minimum absolute atomic E-state index is 0.114. The number of nitrogens with one attached hydrogen (secondary N) is 1. The van der Waals surface area contributed by atoms with Crippen molar-refractivity contribution in [1.29, 1.82) is 0 Å². The van der Waals surface area contributed by atoms with Crippen LogP contribution in [0.5, 0.6) is 0 Å². The summed E-state index contributed by atoms with van der Waals surface area (Å²) in [6, 6.07) is 7.16. The second-order valence-electron chi connectivity index (χ2n) is 5.16. The highest BCUT2D eigenvalue weighted by Crippen LogP contribution is 2.15.